The van der Waals surface area contributed by atoms with Gasteiger partial charge in [0.1, 0.15) is 5.82 Å². The van der Waals surface area contributed by atoms with Crippen molar-refractivity contribution in [3.63, 3.8) is 0 Å². The Labute approximate surface area is 71.6 Å². The summed E-state index contributed by atoms with van der Waals surface area (Å²) in [5.74, 6) is 0.978. The van der Waals surface area contributed by atoms with Gasteiger partial charge in [0.15, 0.2) is 6.33 Å². The lowest BCUT2D eigenvalue weighted by molar-refractivity contribution is 0.584. The summed E-state index contributed by atoms with van der Waals surface area (Å²) in [6.45, 7) is 4.10. The largest absolute Gasteiger partial charge is 0.354 e. The minimum Gasteiger partial charge on any atom is -0.354 e. The van der Waals surface area contributed by atoms with E-state index in [9.17, 15) is 0 Å². The summed E-state index contributed by atoms with van der Waals surface area (Å²) in [4.78, 5) is 10.1. The van der Waals surface area contributed by atoms with Crippen molar-refractivity contribution >= 4 is 5.82 Å². The summed E-state index contributed by atoms with van der Waals surface area (Å²) in [6.07, 6.45) is 4.32. The molecule has 1 saturated heterocycles. The molecule has 0 saturated carbocycles. The number of hydrogen-bond acceptors (Lipinski definition) is 4. The summed E-state index contributed by atoms with van der Waals surface area (Å²) < 4.78 is 0. The summed E-state index contributed by atoms with van der Waals surface area (Å²) in [5.41, 5.74) is 0. The Balaban J connectivity index is 2.08. The highest BCUT2D eigenvalue weighted by atomic mass is 15.2. The van der Waals surface area contributed by atoms with Crippen molar-refractivity contribution in [3.8, 4) is 0 Å². The van der Waals surface area contributed by atoms with E-state index in [4.69, 9.17) is 0 Å². The maximum Gasteiger partial charge on any atom is 0.199 e. The van der Waals surface area contributed by atoms with Crippen molar-refractivity contribution < 1.29 is 0 Å². The molecule has 63 valence electrons. The number of nitrogens with one attached hydrogen (secondary N) is 1. The van der Waals surface area contributed by atoms with Gasteiger partial charge in [-0.15, -0.1) is 0 Å². The first-order chi connectivity index (χ1) is 5.97. The average Bonchev–Trinajstić information content (AvgIpc) is 2.21. The van der Waals surface area contributed by atoms with Crippen LogP contribution in [0.1, 0.15) is 0 Å². The Kier molecular flexibility index (Phi) is 2.18. The molecular formula is C8H11N4. The molecule has 1 aliphatic heterocycles. The summed E-state index contributed by atoms with van der Waals surface area (Å²) in [7, 11) is 0. The molecule has 0 unspecified atom stereocenters. The highest BCUT2D eigenvalue weighted by Gasteiger charge is 2.10. The van der Waals surface area contributed by atoms with Gasteiger partial charge < -0.3 is 10.2 Å². The fraction of sp³-hybridized carbons (Fsp3) is 0.500. The minimum absolute atomic E-state index is 0.978. The Morgan fingerprint density at radius 2 is 2.25 bits per heavy atom. The fourth-order valence-electron chi connectivity index (χ4n) is 1.32. The van der Waals surface area contributed by atoms with Gasteiger partial charge in [-0.1, -0.05) is 0 Å². The van der Waals surface area contributed by atoms with Crippen LogP contribution in [0.4, 0.5) is 5.82 Å². The zero-order valence-corrected chi connectivity index (χ0v) is 6.82. The van der Waals surface area contributed by atoms with E-state index in [1.54, 1.807) is 6.20 Å². The summed E-state index contributed by atoms with van der Waals surface area (Å²) >= 11 is 0. The van der Waals surface area contributed by atoms with Crippen molar-refractivity contribution in [1.29, 1.82) is 0 Å². The van der Waals surface area contributed by atoms with Gasteiger partial charge in [0.2, 0.25) is 0 Å². The molecular weight excluding hydrogens is 152 g/mol. The molecule has 0 bridgehead atoms. The van der Waals surface area contributed by atoms with Crippen LogP contribution in [-0.4, -0.2) is 36.1 Å². The molecule has 1 fully saturated rings. The highest BCUT2D eigenvalue weighted by Crippen LogP contribution is 2.07. The number of rotatable bonds is 1. The Morgan fingerprint density at radius 1 is 1.42 bits per heavy atom. The van der Waals surface area contributed by atoms with Crippen LogP contribution in [-0.2, 0) is 0 Å². The molecule has 1 aliphatic rings. The van der Waals surface area contributed by atoms with Crippen LogP contribution in [0.15, 0.2) is 12.3 Å². The van der Waals surface area contributed by atoms with Gasteiger partial charge in [-0.25, -0.2) is 9.97 Å². The molecule has 0 aliphatic carbocycles. The molecule has 0 amide bonds. The second-order valence-corrected chi connectivity index (χ2v) is 2.75. The van der Waals surface area contributed by atoms with Crippen molar-refractivity contribution in [2.75, 3.05) is 31.1 Å². The van der Waals surface area contributed by atoms with Crippen LogP contribution in [0.25, 0.3) is 0 Å². The molecule has 1 N–H and O–H groups in total. The van der Waals surface area contributed by atoms with Crippen LogP contribution in [0, 0.1) is 6.33 Å². The predicted octanol–water partition coefficient (Wildman–Crippen LogP) is -0.314. The maximum absolute atomic E-state index is 4.06. The van der Waals surface area contributed by atoms with E-state index in [-0.39, 0.29) is 0 Å². The molecule has 0 aromatic carbocycles. The SMILES string of the molecule is [c]1nccc(N2CCNCC2)n1. The molecule has 4 heteroatoms. The minimum atomic E-state index is 0.978. The van der Waals surface area contributed by atoms with Crippen LogP contribution >= 0.6 is 0 Å². The Hall–Kier alpha value is -1.16. The van der Waals surface area contributed by atoms with Gasteiger partial charge in [0.25, 0.3) is 0 Å². The second-order valence-electron chi connectivity index (χ2n) is 2.75. The van der Waals surface area contributed by atoms with Gasteiger partial charge in [-0.2, -0.15) is 0 Å². The zero-order chi connectivity index (χ0) is 8.23. The van der Waals surface area contributed by atoms with Crippen molar-refractivity contribution in [2.24, 2.45) is 0 Å². The molecule has 2 heterocycles. The molecule has 0 spiro atoms. The molecule has 1 aromatic heterocycles. The number of piperazine rings is 1. The Morgan fingerprint density at radius 3 is 2.92 bits per heavy atom. The van der Waals surface area contributed by atoms with Crippen molar-refractivity contribution in [2.45, 2.75) is 0 Å². The first-order valence-electron chi connectivity index (χ1n) is 4.11. The lowest BCUT2D eigenvalue weighted by Crippen LogP contribution is -2.43. The predicted molar refractivity (Wildman–Crippen MR) is 46.0 cm³/mol. The normalized spacial score (nSPS) is 17.8. The number of aromatic nitrogens is 2. The van der Waals surface area contributed by atoms with E-state index in [1.807, 2.05) is 6.07 Å². The van der Waals surface area contributed by atoms with E-state index in [0.29, 0.717) is 0 Å². The molecule has 0 atom stereocenters. The summed E-state index contributed by atoms with van der Waals surface area (Å²) in [6, 6.07) is 1.92. The Bertz CT molecular complexity index is 230. The third-order valence-electron chi connectivity index (χ3n) is 1.96. The van der Waals surface area contributed by atoms with E-state index in [0.717, 1.165) is 32.0 Å². The first-order valence-corrected chi connectivity index (χ1v) is 4.11. The molecule has 2 rings (SSSR count). The molecule has 1 radical (unpaired) electrons. The van der Waals surface area contributed by atoms with Gasteiger partial charge in [-0.3, -0.25) is 0 Å². The number of hydrogen-bond donors (Lipinski definition) is 1. The van der Waals surface area contributed by atoms with Crippen molar-refractivity contribution in [3.05, 3.63) is 18.6 Å². The van der Waals surface area contributed by atoms with Gasteiger partial charge in [-0.05, 0) is 6.07 Å². The lowest BCUT2D eigenvalue weighted by Gasteiger charge is -2.27. The van der Waals surface area contributed by atoms with E-state index in [1.165, 1.54) is 0 Å². The molecule has 4 nitrogen and oxygen atoms in total. The maximum atomic E-state index is 4.06. The third-order valence-corrected chi connectivity index (χ3v) is 1.96. The van der Waals surface area contributed by atoms with Crippen LogP contribution < -0.4 is 10.2 Å². The van der Waals surface area contributed by atoms with E-state index in [2.05, 4.69) is 26.5 Å². The van der Waals surface area contributed by atoms with Crippen LogP contribution in [0.5, 0.6) is 0 Å². The number of nitrogens with zero attached hydrogens (tertiary/aromatic N) is 3. The lowest BCUT2D eigenvalue weighted by atomic mass is 10.3. The fourth-order valence-corrected chi connectivity index (χ4v) is 1.32. The monoisotopic (exact) mass is 163 g/mol. The smallest absolute Gasteiger partial charge is 0.199 e. The highest BCUT2D eigenvalue weighted by molar-refractivity contribution is 5.36. The summed E-state index contributed by atoms with van der Waals surface area (Å²) in [5, 5.41) is 3.29. The topological polar surface area (TPSA) is 41.1 Å². The molecule has 12 heavy (non-hydrogen) atoms. The number of anilines is 1. The quantitative estimate of drug-likeness (QED) is 0.616. The van der Waals surface area contributed by atoms with E-state index < -0.39 is 0 Å². The van der Waals surface area contributed by atoms with Gasteiger partial charge in [0.05, 0.1) is 0 Å². The van der Waals surface area contributed by atoms with Gasteiger partial charge in [0, 0.05) is 32.4 Å². The second kappa shape index (κ2) is 3.49. The van der Waals surface area contributed by atoms with Crippen LogP contribution in [0.2, 0.25) is 0 Å². The zero-order valence-electron chi connectivity index (χ0n) is 6.82. The van der Waals surface area contributed by atoms with E-state index >= 15 is 0 Å². The first kappa shape index (κ1) is 7.49. The van der Waals surface area contributed by atoms with Crippen LogP contribution in [0.3, 0.4) is 0 Å². The van der Waals surface area contributed by atoms with Gasteiger partial charge >= 0.3 is 0 Å². The average molecular weight is 163 g/mol. The van der Waals surface area contributed by atoms with Crippen molar-refractivity contribution in [1.82, 2.24) is 15.3 Å². The molecule has 1 aromatic rings. The third kappa shape index (κ3) is 1.53. The standard InChI is InChI=1S/C8H11N4/c1-2-10-7-11-8(1)12-5-3-9-4-6-12/h1-2,9H,3-6H2.